The Kier molecular flexibility index (Phi) is 3.69. The number of nitrogens with zero attached hydrogens (tertiary/aromatic N) is 5. The highest BCUT2D eigenvalue weighted by Gasteiger charge is 2.08. The van der Waals surface area contributed by atoms with Crippen LogP contribution in [0, 0.1) is 0 Å². The van der Waals surface area contributed by atoms with Gasteiger partial charge >= 0.3 is 0 Å². The van der Waals surface area contributed by atoms with E-state index < -0.39 is 0 Å². The van der Waals surface area contributed by atoms with Gasteiger partial charge in [-0.05, 0) is 11.6 Å². The third-order valence-electron chi connectivity index (χ3n) is 3.58. The number of nitrogens with one attached hydrogen (secondary N) is 1. The molecule has 0 atom stereocenters. The predicted octanol–water partition coefficient (Wildman–Crippen LogP) is 3.39. The fraction of sp³-hybridized carbons (Fsp3) is 0. The van der Waals surface area contributed by atoms with Crippen molar-refractivity contribution in [3.05, 3.63) is 72.6 Å². The summed E-state index contributed by atoms with van der Waals surface area (Å²) in [6, 6.07) is 18.0. The van der Waals surface area contributed by atoms with E-state index in [9.17, 15) is 0 Å². The van der Waals surface area contributed by atoms with E-state index in [-0.39, 0.29) is 0 Å². The van der Waals surface area contributed by atoms with Crippen LogP contribution in [0.25, 0.3) is 22.5 Å². The van der Waals surface area contributed by atoms with Crippen molar-refractivity contribution in [2.24, 2.45) is 5.10 Å². The lowest BCUT2D eigenvalue weighted by Crippen LogP contribution is -2.00. The van der Waals surface area contributed by atoms with Crippen LogP contribution in [-0.2, 0) is 0 Å². The maximum atomic E-state index is 4.46. The zero-order chi connectivity index (χ0) is 16.2. The molecule has 2 aromatic heterocycles. The standard InChI is InChI=1S/C18H14N6/c1-2-7-14(8-3-1)9-6-12-19-21-17-15-10-4-5-11-16(15)18-22-20-13-24(18)23-17/h1-13H,(H,21,23)/b9-6+,19-12-. The SMILES string of the molecule is C(/C=C/c1ccccc1)=N/Nc1nn2cnnc2c2ccccc12. The normalized spacial score (nSPS) is 11.8. The Bertz CT molecular complexity index is 1030. The molecule has 0 radical (unpaired) electrons. The van der Waals surface area contributed by atoms with Crippen molar-refractivity contribution < 1.29 is 0 Å². The first kappa shape index (κ1) is 14.1. The predicted molar refractivity (Wildman–Crippen MR) is 95.9 cm³/mol. The Hall–Kier alpha value is -3.54. The van der Waals surface area contributed by atoms with Crippen molar-refractivity contribution in [2.45, 2.75) is 0 Å². The summed E-state index contributed by atoms with van der Waals surface area (Å²) in [5.74, 6) is 0.655. The van der Waals surface area contributed by atoms with Crippen LogP contribution in [0.2, 0.25) is 0 Å². The highest BCUT2D eigenvalue weighted by molar-refractivity contribution is 5.99. The van der Waals surface area contributed by atoms with E-state index in [2.05, 4.69) is 25.8 Å². The van der Waals surface area contributed by atoms with Gasteiger partial charge in [-0.25, -0.2) is 0 Å². The van der Waals surface area contributed by atoms with Gasteiger partial charge in [0.05, 0.1) is 0 Å². The molecule has 0 spiro atoms. The second-order valence-electron chi connectivity index (χ2n) is 5.15. The van der Waals surface area contributed by atoms with E-state index >= 15 is 0 Å². The average molecular weight is 314 g/mol. The van der Waals surface area contributed by atoms with Gasteiger partial charge in [-0.1, -0.05) is 60.7 Å². The molecule has 0 bridgehead atoms. The molecule has 24 heavy (non-hydrogen) atoms. The van der Waals surface area contributed by atoms with Crippen molar-refractivity contribution in [1.29, 1.82) is 0 Å². The summed E-state index contributed by atoms with van der Waals surface area (Å²) in [7, 11) is 0. The molecule has 116 valence electrons. The summed E-state index contributed by atoms with van der Waals surface area (Å²) in [6.45, 7) is 0. The van der Waals surface area contributed by atoms with Gasteiger partial charge in [-0.2, -0.15) is 9.62 Å². The molecule has 0 saturated heterocycles. The number of hydrogen-bond acceptors (Lipinski definition) is 5. The minimum Gasteiger partial charge on any atom is -0.259 e. The van der Waals surface area contributed by atoms with Gasteiger partial charge in [0, 0.05) is 17.0 Å². The number of rotatable bonds is 4. The van der Waals surface area contributed by atoms with Gasteiger partial charge in [0.15, 0.2) is 11.5 Å². The van der Waals surface area contributed by atoms with Crippen LogP contribution in [0.3, 0.4) is 0 Å². The molecule has 0 saturated carbocycles. The number of fused-ring (bicyclic) bond motifs is 3. The van der Waals surface area contributed by atoms with Crippen LogP contribution in [-0.4, -0.2) is 26.0 Å². The minimum absolute atomic E-state index is 0.655. The van der Waals surface area contributed by atoms with Crippen molar-refractivity contribution in [3.63, 3.8) is 0 Å². The molecule has 0 unspecified atom stereocenters. The zero-order valence-corrected chi connectivity index (χ0v) is 12.7. The van der Waals surface area contributed by atoms with E-state index in [0.717, 1.165) is 22.0 Å². The topological polar surface area (TPSA) is 67.5 Å². The molecular weight excluding hydrogens is 300 g/mol. The van der Waals surface area contributed by atoms with Crippen molar-refractivity contribution >= 4 is 34.5 Å². The molecule has 4 aromatic rings. The Morgan fingerprint density at radius 3 is 2.62 bits per heavy atom. The number of hydrogen-bond donors (Lipinski definition) is 1. The van der Waals surface area contributed by atoms with Gasteiger partial charge in [-0.15, -0.1) is 15.3 Å². The van der Waals surface area contributed by atoms with Crippen molar-refractivity contribution in [1.82, 2.24) is 19.8 Å². The fourth-order valence-corrected chi connectivity index (χ4v) is 2.47. The van der Waals surface area contributed by atoms with E-state index in [1.807, 2.05) is 66.7 Å². The maximum absolute atomic E-state index is 4.46. The largest absolute Gasteiger partial charge is 0.259 e. The quantitative estimate of drug-likeness (QED) is 0.463. The van der Waals surface area contributed by atoms with Crippen molar-refractivity contribution in [2.75, 3.05) is 5.43 Å². The lowest BCUT2D eigenvalue weighted by atomic mass is 10.2. The first-order valence-corrected chi connectivity index (χ1v) is 7.51. The fourth-order valence-electron chi connectivity index (χ4n) is 2.47. The van der Waals surface area contributed by atoms with Crippen LogP contribution in [0.5, 0.6) is 0 Å². The van der Waals surface area contributed by atoms with Crippen LogP contribution < -0.4 is 5.43 Å². The van der Waals surface area contributed by atoms with E-state index in [1.165, 1.54) is 0 Å². The summed E-state index contributed by atoms with van der Waals surface area (Å²) in [4.78, 5) is 0. The van der Waals surface area contributed by atoms with Crippen LogP contribution in [0.1, 0.15) is 5.56 Å². The van der Waals surface area contributed by atoms with E-state index in [0.29, 0.717) is 5.82 Å². The monoisotopic (exact) mass is 314 g/mol. The molecule has 0 fully saturated rings. The lowest BCUT2D eigenvalue weighted by Gasteiger charge is -2.05. The molecule has 2 heterocycles. The number of allylic oxidation sites excluding steroid dienone is 1. The van der Waals surface area contributed by atoms with Gasteiger partial charge in [0.25, 0.3) is 0 Å². The van der Waals surface area contributed by atoms with Crippen LogP contribution in [0.15, 0.2) is 72.1 Å². The van der Waals surface area contributed by atoms with Crippen molar-refractivity contribution in [3.8, 4) is 0 Å². The number of hydrazone groups is 1. The molecule has 0 amide bonds. The summed E-state index contributed by atoms with van der Waals surface area (Å²) in [6.07, 6.45) is 7.13. The first-order valence-electron chi connectivity index (χ1n) is 7.51. The molecular formula is C18H14N6. The third kappa shape index (κ3) is 2.72. The summed E-state index contributed by atoms with van der Waals surface area (Å²) in [5.41, 5.74) is 4.84. The van der Waals surface area contributed by atoms with Crippen LogP contribution in [0.4, 0.5) is 5.82 Å². The van der Waals surface area contributed by atoms with E-state index in [1.54, 1.807) is 17.1 Å². The molecule has 2 aromatic carbocycles. The second kappa shape index (κ2) is 6.29. The van der Waals surface area contributed by atoms with Gasteiger partial charge in [0.1, 0.15) is 6.33 Å². The molecule has 0 aliphatic heterocycles. The Morgan fingerprint density at radius 1 is 0.958 bits per heavy atom. The van der Waals surface area contributed by atoms with Crippen LogP contribution >= 0.6 is 0 Å². The van der Waals surface area contributed by atoms with Gasteiger partial charge in [-0.3, -0.25) is 5.43 Å². The Morgan fingerprint density at radius 2 is 1.75 bits per heavy atom. The maximum Gasteiger partial charge on any atom is 0.185 e. The van der Waals surface area contributed by atoms with Gasteiger partial charge < -0.3 is 0 Å². The minimum atomic E-state index is 0.655. The lowest BCUT2D eigenvalue weighted by molar-refractivity contribution is 0.934. The zero-order valence-electron chi connectivity index (χ0n) is 12.7. The molecule has 0 aliphatic carbocycles. The molecule has 4 rings (SSSR count). The second-order valence-corrected chi connectivity index (χ2v) is 5.15. The highest BCUT2D eigenvalue weighted by Crippen LogP contribution is 2.23. The third-order valence-corrected chi connectivity index (χ3v) is 3.58. The number of aromatic nitrogens is 4. The number of anilines is 1. The Labute approximate surface area is 138 Å². The molecule has 1 N–H and O–H groups in total. The highest BCUT2D eigenvalue weighted by atomic mass is 15.4. The summed E-state index contributed by atoms with van der Waals surface area (Å²) in [5, 5.41) is 18.6. The van der Waals surface area contributed by atoms with Gasteiger partial charge in [0.2, 0.25) is 0 Å². The average Bonchev–Trinajstić information content (AvgIpc) is 3.11. The first-order chi connectivity index (χ1) is 11.9. The smallest absolute Gasteiger partial charge is 0.185 e. The van der Waals surface area contributed by atoms with E-state index in [4.69, 9.17) is 0 Å². The molecule has 6 nitrogen and oxygen atoms in total. The Balaban J connectivity index is 1.59. The summed E-state index contributed by atoms with van der Waals surface area (Å²) < 4.78 is 1.64. The number of benzene rings is 2. The summed E-state index contributed by atoms with van der Waals surface area (Å²) >= 11 is 0. The molecule has 0 aliphatic rings. The molecule has 6 heteroatoms.